The number of hydrogen-bond acceptors (Lipinski definition) is 2. The highest BCUT2D eigenvalue weighted by Crippen LogP contribution is 2.17. The highest BCUT2D eigenvalue weighted by atomic mass is 19.1. The van der Waals surface area contributed by atoms with Gasteiger partial charge in [0.25, 0.3) is 0 Å². The van der Waals surface area contributed by atoms with E-state index in [0.29, 0.717) is 18.4 Å². The van der Waals surface area contributed by atoms with E-state index in [-0.39, 0.29) is 5.82 Å². The quantitative estimate of drug-likeness (QED) is 0.890. The van der Waals surface area contributed by atoms with Gasteiger partial charge in [-0.05, 0) is 50.4 Å². The zero-order chi connectivity index (χ0) is 13.7. The molecule has 19 heavy (non-hydrogen) atoms. The number of piperidine rings is 1. The molecule has 1 atom stereocenters. The minimum Gasteiger partial charge on any atom is -0.480 e. The minimum absolute atomic E-state index is 0.245. The molecule has 0 spiro atoms. The SMILES string of the molecule is O=C(O)C(CCc1ccccc1F)N1CCCCC1. The Labute approximate surface area is 113 Å². The zero-order valence-electron chi connectivity index (χ0n) is 11.0. The van der Waals surface area contributed by atoms with E-state index in [9.17, 15) is 14.3 Å². The second kappa shape index (κ2) is 6.66. The van der Waals surface area contributed by atoms with Gasteiger partial charge in [0.1, 0.15) is 11.9 Å². The van der Waals surface area contributed by atoms with Crippen LogP contribution < -0.4 is 0 Å². The smallest absolute Gasteiger partial charge is 0.320 e. The van der Waals surface area contributed by atoms with Crippen LogP contribution in [0.3, 0.4) is 0 Å². The maximum absolute atomic E-state index is 13.5. The van der Waals surface area contributed by atoms with E-state index in [1.54, 1.807) is 18.2 Å². The van der Waals surface area contributed by atoms with Gasteiger partial charge in [0.05, 0.1) is 0 Å². The summed E-state index contributed by atoms with van der Waals surface area (Å²) in [5, 5.41) is 9.34. The summed E-state index contributed by atoms with van der Waals surface area (Å²) in [7, 11) is 0. The molecule has 0 aromatic heterocycles. The summed E-state index contributed by atoms with van der Waals surface area (Å²) < 4.78 is 13.5. The number of carboxylic acids is 1. The Bertz CT molecular complexity index is 430. The predicted molar refractivity (Wildman–Crippen MR) is 71.6 cm³/mol. The summed E-state index contributed by atoms with van der Waals surface area (Å²) in [5.41, 5.74) is 0.603. The second-order valence-electron chi connectivity index (χ2n) is 5.08. The molecular weight excluding hydrogens is 245 g/mol. The van der Waals surface area contributed by atoms with Gasteiger partial charge >= 0.3 is 5.97 Å². The number of benzene rings is 1. The maximum Gasteiger partial charge on any atom is 0.320 e. The van der Waals surface area contributed by atoms with Crippen LogP contribution in [0.4, 0.5) is 4.39 Å². The molecule has 1 saturated heterocycles. The van der Waals surface area contributed by atoms with Crippen LogP contribution in [0.15, 0.2) is 24.3 Å². The first-order valence-electron chi connectivity index (χ1n) is 6.89. The Balaban J connectivity index is 1.97. The lowest BCUT2D eigenvalue weighted by atomic mass is 10.0. The van der Waals surface area contributed by atoms with E-state index in [2.05, 4.69) is 0 Å². The van der Waals surface area contributed by atoms with Crippen molar-refractivity contribution in [1.82, 2.24) is 4.90 Å². The van der Waals surface area contributed by atoms with E-state index in [1.807, 2.05) is 4.90 Å². The molecule has 4 heteroatoms. The molecule has 1 aliphatic heterocycles. The summed E-state index contributed by atoms with van der Waals surface area (Å²) in [6.07, 6.45) is 4.24. The molecule has 0 radical (unpaired) electrons. The molecule has 0 saturated carbocycles. The molecule has 104 valence electrons. The number of halogens is 1. The average Bonchev–Trinajstić information content (AvgIpc) is 2.42. The zero-order valence-corrected chi connectivity index (χ0v) is 11.0. The molecule has 0 aliphatic carbocycles. The van der Waals surface area contributed by atoms with Crippen molar-refractivity contribution >= 4 is 5.97 Å². The van der Waals surface area contributed by atoms with Crippen LogP contribution in [0.25, 0.3) is 0 Å². The fourth-order valence-corrected chi connectivity index (χ4v) is 2.69. The standard InChI is InChI=1S/C15H20FNO2/c16-13-7-3-2-6-12(13)8-9-14(15(18)19)17-10-4-1-5-11-17/h2-3,6-7,14H,1,4-5,8-11H2,(H,18,19). The van der Waals surface area contributed by atoms with E-state index < -0.39 is 12.0 Å². The predicted octanol–water partition coefficient (Wildman–Crippen LogP) is 2.70. The Kier molecular flexibility index (Phi) is 4.91. The fourth-order valence-electron chi connectivity index (χ4n) is 2.69. The van der Waals surface area contributed by atoms with E-state index in [4.69, 9.17) is 0 Å². The topological polar surface area (TPSA) is 40.5 Å². The molecule has 1 aliphatic rings. The number of aliphatic carboxylic acids is 1. The van der Waals surface area contributed by atoms with E-state index in [0.717, 1.165) is 25.9 Å². The van der Waals surface area contributed by atoms with Gasteiger partial charge in [0, 0.05) is 0 Å². The molecule has 1 unspecified atom stereocenters. The minimum atomic E-state index is -0.793. The highest BCUT2D eigenvalue weighted by Gasteiger charge is 2.26. The first-order chi connectivity index (χ1) is 9.18. The lowest BCUT2D eigenvalue weighted by Gasteiger charge is -2.32. The highest BCUT2D eigenvalue weighted by molar-refractivity contribution is 5.73. The summed E-state index contributed by atoms with van der Waals surface area (Å²) in [6.45, 7) is 1.68. The van der Waals surface area contributed by atoms with Crippen LogP contribution in [-0.2, 0) is 11.2 Å². The normalized spacial score (nSPS) is 18.2. The van der Waals surface area contributed by atoms with Crippen LogP contribution in [0, 0.1) is 5.82 Å². The average molecular weight is 265 g/mol. The first-order valence-corrected chi connectivity index (χ1v) is 6.89. The largest absolute Gasteiger partial charge is 0.480 e. The monoisotopic (exact) mass is 265 g/mol. The van der Waals surface area contributed by atoms with Crippen LogP contribution in [-0.4, -0.2) is 35.1 Å². The van der Waals surface area contributed by atoms with Crippen molar-refractivity contribution in [3.8, 4) is 0 Å². The summed E-state index contributed by atoms with van der Waals surface area (Å²) >= 11 is 0. The summed E-state index contributed by atoms with van der Waals surface area (Å²) in [5.74, 6) is -1.04. The second-order valence-corrected chi connectivity index (χ2v) is 5.08. The lowest BCUT2D eigenvalue weighted by Crippen LogP contribution is -2.44. The molecule has 1 aromatic carbocycles. The number of aryl methyl sites for hydroxylation is 1. The summed E-state index contributed by atoms with van der Waals surface area (Å²) in [4.78, 5) is 13.4. The van der Waals surface area contributed by atoms with Gasteiger partial charge in [-0.25, -0.2) is 4.39 Å². The number of rotatable bonds is 5. The van der Waals surface area contributed by atoms with E-state index in [1.165, 1.54) is 12.5 Å². The van der Waals surface area contributed by atoms with Gasteiger partial charge in [-0.2, -0.15) is 0 Å². The Morgan fingerprint density at radius 1 is 1.26 bits per heavy atom. The van der Waals surface area contributed by atoms with Gasteiger partial charge in [-0.3, -0.25) is 9.69 Å². The molecule has 1 N–H and O–H groups in total. The number of likely N-dealkylation sites (tertiary alicyclic amines) is 1. The molecule has 2 rings (SSSR count). The van der Waals surface area contributed by atoms with Gasteiger partial charge in [-0.1, -0.05) is 24.6 Å². The van der Waals surface area contributed by atoms with Crippen molar-refractivity contribution in [2.45, 2.75) is 38.1 Å². The number of nitrogens with zero attached hydrogens (tertiary/aromatic N) is 1. The summed E-state index contributed by atoms with van der Waals surface area (Å²) in [6, 6.07) is 6.10. The Morgan fingerprint density at radius 3 is 2.58 bits per heavy atom. The third kappa shape index (κ3) is 3.77. The third-order valence-corrected chi connectivity index (χ3v) is 3.76. The van der Waals surface area contributed by atoms with Crippen LogP contribution in [0.2, 0.25) is 0 Å². The van der Waals surface area contributed by atoms with E-state index >= 15 is 0 Å². The van der Waals surface area contributed by atoms with Crippen LogP contribution in [0.5, 0.6) is 0 Å². The Hall–Kier alpha value is -1.42. The molecule has 0 amide bonds. The molecule has 1 fully saturated rings. The molecular formula is C15H20FNO2. The first kappa shape index (κ1) is 14.0. The molecule has 1 heterocycles. The third-order valence-electron chi connectivity index (χ3n) is 3.76. The van der Waals surface area contributed by atoms with Crippen molar-refractivity contribution < 1.29 is 14.3 Å². The molecule has 0 bridgehead atoms. The number of hydrogen-bond donors (Lipinski definition) is 1. The van der Waals surface area contributed by atoms with Gasteiger partial charge in [-0.15, -0.1) is 0 Å². The van der Waals surface area contributed by atoms with Gasteiger partial charge in [0.2, 0.25) is 0 Å². The lowest BCUT2D eigenvalue weighted by molar-refractivity contribution is -0.144. The maximum atomic E-state index is 13.5. The Morgan fingerprint density at radius 2 is 1.95 bits per heavy atom. The van der Waals surface area contributed by atoms with Crippen molar-refractivity contribution in [2.24, 2.45) is 0 Å². The van der Waals surface area contributed by atoms with Crippen molar-refractivity contribution in [3.05, 3.63) is 35.6 Å². The van der Waals surface area contributed by atoms with Crippen molar-refractivity contribution in [1.29, 1.82) is 0 Å². The van der Waals surface area contributed by atoms with Gasteiger partial charge < -0.3 is 5.11 Å². The van der Waals surface area contributed by atoms with Crippen molar-refractivity contribution in [3.63, 3.8) is 0 Å². The molecule has 1 aromatic rings. The van der Waals surface area contributed by atoms with Gasteiger partial charge in [0.15, 0.2) is 0 Å². The van der Waals surface area contributed by atoms with Crippen molar-refractivity contribution in [2.75, 3.05) is 13.1 Å². The van der Waals surface area contributed by atoms with Crippen LogP contribution >= 0.6 is 0 Å². The number of carbonyl (C=O) groups is 1. The fraction of sp³-hybridized carbons (Fsp3) is 0.533. The molecule has 3 nitrogen and oxygen atoms in total. The van der Waals surface area contributed by atoms with Crippen LogP contribution in [0.1, 0.15) is 31.2 Å². The number of carboxylic acid groups (broad SMARTS) is 1.